The number of aliphatic carboxylic acids is 1. The summed E-state index contributed by atoms with van der Waals surface area (Å²) in [6.45, 7) is 7.93. The second-order valence-corrected chi connectivity index (χ2v) is 6.61. The van der Waals surface area contributed by atoms with Gasteiger partial charge in [0.15, 0.2) is 0 Å². The summed E-state index contributed by atoms with van der Waals surface area (Å²) in [5.74, 6) is -1.28. The van der Waals surface area contributed by atoms with Gasteiger partial charge in [-0.05, 0) is 49.2 Å². The minimum atomic E-state index is -1.01. The number of carboxylic acids is 1. The zero-order valence-electron chi connectivity index (χ0n) is 12.3. The fraction of sp³-hybridized carbons (Fsp3) is 0.571. The molecular formula is C14H21BrN2O3. The first kappa shape index (κ1) is 16.8. The van der Waals surface area contributed by atoms with Crippen molar-refractivity contribution in [2.24, 2.45) is 0 Å². The SMILES string of the molecule is CCCn1cc(Br)cc1C(=O)N(CC(=O)O)C(C)(C)C. The molecule has 0 saturated heterocycles. The maximum absolute atomic E-state index is 12.7. The summed E-state index contributed by atoms with van der Waals surface area (Å²) < 4.78 is 2.67. The molecule has 0 aliphatic rings. The zero-order valence-corrected chi connectivity index (χ0v) is 13.9. The number of amides is 1. The van der Waals surface area contributed by atoms with Crippen molar-refractivity contribution in [1.82, 2.24) is 9.47 Å². The maximum Gasteiger partial charge on any atom is 0.323 e. The van der Waals surface area contributed by atoms with Gasteiger partial charge in [0.05, 0.1) is 0 Å². The van der Waals surface area contributed by atoms with E-state index < -0.39 is 11.5 Å². The number of aryl methyl sites for hydroxylation is 1. The first-order valence-electron chi connectivity index (χ1n) is 6.56. The van der Waals surface area contributed by atoms with Crippen molar-refractivity contribution < 1.29 is 14.7 Å². The van der Waals surface area contributed by atoms with Crippen LogP contribution < -0.4 is 0 Å². The molecule has 1 rings (SSSR count). The molecule has 0 atom stereocenters. The number of aromatic nitrogens is 1. The van der Waals surface area contributed by atoms with Gasteiger partial charge in [-0.2, -0.15) is 0 Å². The Morgan fingerprint density at radius 1 is 1.40 bits per heavy atom. The van der Waals surface area contributed by atoms with Gasteiger partial charge in [-0.3, -0.25) is 9.59 Å². The van der Waals surface area contributed by atoms with Crippen LogP contribution in [0.2, 0.25) is 0 Å². The highest BCUT2D eigenvalue weighted by atomic mass is 79.9. The normalized spacial score (nSPS) is 11.4. The van der Waals surface area contributed by atoms with E-state index in [9.17, 15) is 9.59 Å². The van der Waals surface area contributed by atoms with Crippen LogP contribution >= 0.6 is 15.9 Å². The van der Waals surface area contributed by atoms with E-state index in [1.807, 2.05) is 38.5 Å². The molecule has 0 saturated carbocycles. The van der Waals surface area contributed by atoms with Crippen LogP contribution in [0.1, 0.15) is 44.6 Å². The number of carbonyl (C=O) groups is 2. The number of carboxylic acid groups (broad SMARTS) is 1. The van der Waals surface area contributed by atoms with Crippen LogP contribution in [0, 0.1) is 0 Å². The smallest absolute Gasteiger partial charge is 0.323 e. The van der Waals surface area contributed by atoms with Crippen molar-refractivity contribution in [1.29, 1.82) is 0 Å². The molecule has 1 aromatic heterocycles. The van der Waals surface area contributed by atoms with Gasteiger partial charge in [0.1, 0.15) is 12.2 Å². The van der Waals surface area contributed by atoms with E-state index in [0.717, 1.165) is 17.4 Å². The quantitative estimate of drug-likeness (QED) is 0.892. The van der Waals surface area contributed by atoms with Crippen LogP contribution in [-0.4, -0.2) is 38.5 Å². The van der Waals surface area contributed by atoms with Crippen LogP contribution in [0.5, 0.6) is 0 Å². The third kappa shape index (κ3) is 4.10. The highest BCUT2D eigenvalue weighted by molar-refractivity contribution is 9.10. The van der Waals surface area contributed by atoms with Crippen LogP contribution in [0.25, 0.3) is 0 Å². The highest BCUT2D eigenvalue weighted by Crippen LogP contribution is 2.21. The van der Waals surface area contributed by atoms with Crippen molar-refractivity contribution in [2.45, 2.75) is 46.2 Å². The Labute approximate surface area is 127 Å². The van der Waals surface area contributed by atoms with Crippen LogP contribution in [0.3, 0.4) is 0 Å². The summed E-state index contributed by atoms with van der Waals surface area (Å²) in [5.41, 5.74) is -0.0432. The Kier molecular flexibility index (Phi) is 5.39. The molecule has 1 N–H and O–H groups in total. The van der Waals surface area contributed by atoms with Gasteiger partial charge in [-0.1, -0.05) is 6.92 Å². The van der Waals surface area contributed by atoms with E-state index in [0.29, 0.717) is 5.69 Å². The molecule has 0 spiro atoms. The Bertz CT molecular complexity index is 503. The van der Waals surface area contributed by atoms with Crippen LogP contribution in [0.15, 0.2) is 16.7 Å². The first-order valence-corrected chi connectivity index (χ1v) is 7.35. The second-order valence-electron chi connectivity index (χ2n) is 5.69. The molecular weight excluding hydrogens is 324 g/mol. The summed E-state index contributed by atoms with van der Waals surface area (Å²) in [5, 5.41) is 9.01. The molecule has 1 amide bonds. The van der Waals surface area contributed by atoms with Gasteiger partial charge in [0, 0.05) is 22.8 Å². The largest absolute Gasteiger partial charge is 0.480 e. The number of carbonyl (C=O) groups excluding carboxylic acids is 1. The third-order valence-corrected chi connectivity index (χ3v) is 3.33. The molecule has 0 unspecified atom stereocenters. The lowest BCUT2D eigenvalue weighted by atomic mass is 10.1. The molecule has 0 bridgehead atoms. The van der Waals surface area contributed by atoms with Crippen molar-refractivity contribution in [3.8, 4) is 0 Å². The van der Waals surface area contributed by atoms with Gasteiger partial charge in [0.25, 0.3) is 5.91 Å². The van der Waals surface area contributed by atoms with E-state index in [1.54, 1.807) is 6.07 Å². The molecule has 0 radical (unpaired) electrons. The Balaban J connectivity index is 3.15. The van der Waals surface area contributed by atoms with Crippen molar-refractivity contribution in [3.05, 3.63) is 22.4 Å². The lowest BCUT2D eigenvalue weighted by Gasteiger charge is -2.34. The summed E-state index contributed by atoms with van der Waals surface area (Å²) >= 11 is 3.36. The minimum Gasteiger partial charge on any atom is -0.480 e. The summed E-state index contributed by atoms with van der Waals surface area (Å²) in [7, 11) is 0. The third-order valence-electron chi connectivity index (χ3n) is 2.90. The van der Waals surface area contributed by atoms with Gasteiger partial charge < -0.3 is 14.6 Å². The molecule has 1 heterocycles. The second kappa shape index (κ2) is 6.43. The summed E-state index contributed by atoms with van der Waals surface area (Å²) in [6.07, 6.45) is 2.74. The predicted molar refractivity (Wildman–Crippen MR) is 80.8 cm³/mol. The maximum atomic E-state index is 12.7. The van der Waals surface area contributed by atoms with E-state index in [4.69, 9.17) is 5.11 Å². The fourth-order valence-electron chi connectivity index (χ4n) is 1.97. The number of hydrogen-bond donors (Lipinski definition) is 1. The minimum absolute atomic E-state index is 0.265. The molecule has 5 nitrogen and oxygen atoms in total. The Morgan fingerprint density at radius 2 is 2.00 bits per heavy atom. The molecule has 0 aliphatic heterocycles. The predicted octanol–water partition coefficient (Wildman–Crippen LogP) is 2.99. The molecule has 0 aliphatic carbocycles. The van der Waals surface area contributed by atoms with E-state index in [1.165, 1.54) is 4.90 Å². The fourth-order valence-corrected chi connectivity index (χ4v) is 2.43. The number of rotatable bonds is 5. The topological polar surface area (TPSA) is 62.5 Å². The van der Waals surface area contributed by atoms with Gasteiger partial charge in [-0.25, -0.2) is 0 Å². The summed E-state index contributed by atoms with van der Waals surface area (Å²) in [6, 6.07) is 1.73. The molecule has 1 aromatic rings. The van der Waals surface area contributed by atoms with Crippen molar-refractivity contribution >= 4 is 27.8 Å². The Morgan fingerprint density at radius 3 is 2.45 bits per heavy atom. The number of hydrogen-bond acceptors (Lipinski definition) is 2. The van der Waals surface area contributed by atoms with Gasteiger partial charge >= 0.3 is 5.97 Å². The zero-order chi connectivity index (χ0) is 15.5. The first-order chi connectivity index (χ1) is 9.16. The van der Waals surface area contributed by atoms with Crippen molar-refractivity contribution in [2.75, 3.05) is 6.54 Å². The van der Waals surface area contributed by atoms with Crippen LogP contribution in [-0.2, 0) is 11.3 Å². The molecule has 6 heteroatoms. The molecule has 0 aromatic carbocycles. The lowest BCUT2D eigenvalue weighted by Crippen LogP contribution is -2.48. The van der Waals surface area contributed by atoms with E-state index >= 15 is 0 Å². The molecule has 112 valence electrons. The Hall–Kier alpha value is -1.30. The monoisotopic (exact) mass is 344 g/mol. The summed E-state index contributed by atoms with van der Waals surface area (Å²) in [4.78, 5) is 25.0. The van der Waals surface area contributed by atoms with E-state index in [2.05, 4.69) is 15.9 Å². The van der Waals surface area contributed by atoms with Gasteiger partial charge in [0.2, 0.25) is 0 Å². The van der Waals surface area contributed by atoms with E-state index in [-0.39, 0.29) is 12.5 Å². The average Bonchev–Trinajstić information content (AvgIpc) is 2.65. The number of halogens is 1. The average molecular weight is 345 g/mol. The van der Waals surface area contributed by atoms with Crippen LogP contribution in [0.4, 0.5) is 0 Å². The molecule has 20 heavy (non-hydrogen) atoms. The molecule has 0 fully saturated rings. The van der Waals surface area contributed by atoms with Gasteiger partial charge in [-0.15, -0.1) is 0 Å². The van der Waals surface area contributed by atoms with Crippen molar-refractivity contribution in [3.63, 3.8) is 0 Å². The number of nitrogens with zero attached hydrogens (tertiary/aromatic N) is 2. The lowest BCUT2D eigenvalue weighted by molar-refractivity contribution is -0.138. The standard InChI is InChI=1S/C14H21BrN2O3/c1-5-6-16-8-10(15)7-11(16)13(20)17(9-12(18)19)14(2,3)4/h7-8H,5-6,9H2,1-4H3,(H,18,19). The highest BCUT2D eigenvalue weighted by Gasteiger charge is 2.30.